The number of esters is 1. The summed E-state index contributed by atoms with van der Waals surface area (Å²) < 4.78 is 36.6. The van der Waals surface area contributed by atoms with Gasteiger partial charge in [0.2, 0.25) is 10.0 Å². The third kappa shape index (κ3) is 7.21. The fraction of sp³-hybridized carbons (Fsp3) is 0.304. The van der Waals surface area contributed by atoms with Crippen molar-refractivity contribution < 1.29 is 27.5 Å². The highest BCUT2D eigenvalue weighted by Gasteiger charge is 2.21. The monoisotopic (exact) mass is 460 g/mol. The van der Waals surface area contributed by atoms with E-state index in [2.05, 4.69) is 5.32 Å². The largest absolute Gasteiger partial charge is 0.494 e. The lowest BCUT2D eigenvalue weighted by Gasteiger charge is -2.18. The summed E-state index contributed by atoms with van der Waals surface area (Å²) in [5, 5.41) is 2.56. The lowest BCUT2D eigenvalue weighted by atomic mass is 10.2. The minimum Gasteiger partial charge on any atom is -0.494 e. The smallest absolute Gasteiger partial charge is 0.331 e. The summed E-state index contributed by atoms with van der Waals surface area (Å²) in [5.41, 5.74) is 1.18. The van der Waals surface area contributed by atoms with Crippen LogP contribution in [0.15, 0.2) is 59.5 Å². The second kappa shape index (κ2) is 12.0. The first-order chi connectivity index (χ1) is 15.3. The molecule has 8 nitrogen and oxygen atoms in total. The zero-order chi connectivity index (χ0) is 23.6. The van der Waals surface area contributed by atoms with Crippen LogP contribution >= 0.6 is 0 Å². The van der Waals surface area contributed by atoms with Crippen LogP contribution in [0.2, 0.25) is 0 Å². The Labute approximate surface area is 188 Å². The SMILES string of the molecule is CCOc1ccc(/C=C/C(=O)OCC(=O)Nc2ccc(S(=O)(=O)N(CC)CC)cc2)cc1. The van der Waals surface area contributed by atoms with Crippen molar-refractivity contribution in [2.24, 2.45) is 0 Å². The highest BCUT2D eigenvalue weighted by molar-refractivity contribution is 7.89. The van der Waals surface area contributed by atoms with E-state index in [9.17, 15) is 18.0 Å². The van der Waals surface area contributed by atoms with Crippen molar-refractivity contribution in [3.8, 4) is 5.75 Å². The lowest BCUT2D eigenvalue weighted by Crippen LogP contribution is -2.30. The van der Waals surface area contributed by atoms with Crippen LogP contribution in [-0.4, -0.2) is 50.9 Å². The van der Waals surface area contributed by atoms with Crippen molar-refractivity contribution in [1.29, 1.82) is 0 Å². The maximum atomic E-state index is 12.5. The molecule has 0 unspecified atom stereocenters. The highest BCUT2D eigenvalue weighted by Crippen LogP contribution is 2.18. The van der Waals surface area contributed by atoms with E-state index in [0.29, 0.717) is 25.4 Å². The molecule has 0 aliphatic carbocycles. The summed E-state index contributed by atoms with van der Waals surface area (Å²) in [7, 11) is -3.57. The molecule has 0 aliphatic heterocycles. The van der Waals surface area contributed by atoms with Crippen molar-refractivity contribution in [1.82, 2.24) is 4.31 Å². The Morgan fingerprint density at radius 1 is 0.969 bits per heavy atom. The van der Waals surface area contributed by atoms with Crippen LogP contribution in [0.25, 0.3) is 6.08 Å². The van der Waals surface area contributed by atoms with E-state index in [1.54, 1.807) is 44.2 Å². The molecule has 0 heterocycles. The van der Waals surface area contributed by atoms with Crippen molar-refractivity contribution >= 4 is 33.7 Å². The van der Waals surface area contributed by atoms with Gasteiger partial charge >= 0.3 is 5.97 Å². The quantitative estimate of drug-likeness (QED) is 0.408. The molecule has 0 spiro atoms. The molecule has 1 amide bonds. The fourth-order valence-corrected chi connectivity index (χ4v) is 4.27. The Balaban J connectivity index is 1.85. The third-order valence-electron chi connectivity index (χ3n) is 4.43. The number of anilines is 1. The van der Waals surface area contributed by atoms with Crippen LogP contribution in [0.4, 0.5) is 5.69 Å². The van der Waals surface area contributed by atoms with Gasteiger partial charge in [0.05, 0.1) is 11.5 Å². The van der Waals surface area contributed by atoms with Gasteiger partial charge in [0, 0.05) is 24.9 Å². The molecule has 9 heteroatoms. The maximum absolute atomic E-state index is 12.5. The van der Waals surface area contributed by atoms with Crippen molar-refractivity contribution in [3.05, 3.63) is 60.2 Å². The van der Waals surface area contributed by atoms with Crippen molar-refractivity contribution in [3.63, 3.8) is 0 Å². The second-order valence-corrected chi connectivity index (χ2v) is 8.54. The van der Waals surface area contributed by atoms with Crippen LogP contribution in [0.5, 0.6) is 5.75 Å². The maximum Gasteiger partial charge on any atom is 0.331 e. The summed E-state index contributed by atoms with van der Waals surface area (Å²) in [4.78, 5) is 24.0. The molecule has 0 bridgehead atoms. The summed E-state index contributed by atoms with van der Waals surface area (Å²) in [6.45, 7) is 6.28. The normalized spacial score (nSPS) is 11.5. The fourth-order valence-electron chi connectivity index (χ4n) is 2.81. The summed E-state index contributed by atoms with van der Waals surface area (Å²) in [5.74, 6) is -0.454. The molecule has 0 aromatic heterocycles. The number of nitrogens with one attached hydrogen (secondary N) is 1. The van der Waals surface area contributed by atoms with Crippen molar-refractivity contribution in [2.75, 3.05) is 31.6 Å². The second-order valence-electron chi connectivity index (χ2n) is 6.60. The number of rotatable bonds is 11. The highest BCUT2D eigenvalue weighted by atomic mass is 32.2. The zero-order valence-corrected chi connectivity index (χ0v) is 19.2. The van der Waals surface area contributed by atoms with E-state index in [0.717, 1.165) is 11.3 Å². The van der Waals surface area contributed by atoms with E-state index < -0.39 is 28.5 Å². The Morgan fingerprint density at radius 3 is 2.16 bits per heavy atom. The van der Waals surface area contributed by atoms with Gasteiger partial charge < -0.3 is 14.8 Å². The van der Waals surface area contributed by atoms with Crippen LogP contribution in [0, 0.1) is 0 Å². The van der Waals surface area contributed by atoms with Gasteiger partial charge in [0.1, 0.15) is 5.75 Å². The van der Waals surface area contributed by atoms with Crippen LogP contribution in [0.3, 0.4) is 0 Å². The summed E-state index contributed by atoms with van der Waals surface area (Å²) in [6.07, 6.45) is 2.81. The summed E-state index contributed by atoms with van der Waals surface area (Å²) >= 11 is 0. The molecule has 0 radical (unpaired) electrons. The van der Waals surface area contributed by atoms with Crippen molar-refractivity contribution in [2.45, 2.75) is 25.7 Å². The number of sulfonamides is 1. The van der Waals surface area contributed by atoms with Gasteiger partial charge in [-0.1, -0.05) is 26.0 Å². The Hall–Kier alpha value is -3.17. The Kier molecular flexibility index (Phi) is 9.42. The number of nitrogens with zero attached hydrogens (tertiary/aromatic N) is 1. The molecular weight excluding hydrogens is 432 g/mol. The minimum atomic E-state index is -3.57. The molecule has 2 aromatic rings. The van der Waals surface area contributed by atoms with Gasteiger partial charge in [-0.15, -0.1) is 0 Å². The number of carbonyl (C=O) groups is 2. The number of hydrogen-bond donors (Lipinski definition) is 1. The van der Waals surface area contributed by atoms with Gasteiger partial charge in [-0.25, -0.2) is 13.2 Å². The van der Waals surface area contributed by atoms with E-state index >= 15 is 0 Å². The molecule has 0 atom stereocenters. The molecule has 2 rings (SSSR count). The van der Waals surface area contributed by atoms with Gasteiger partial charge in [0.15, 0.2) is 6.61 Å². The Morgan fingerprint density at radius 2 is 1.59 bits per heavy atom. The van der Waals surface area contributed by atoms with Crippen LogP contribution in [-0.2, 0) is 24.3 Å². The van der Waals surface area contributed by atoms with E-state index in [1.165, 1.54) is 34.6 Å². The number of benzene rings is 2. The number of ether oxygens (including phenoxy) is 2. The molecule has 32 heavy (non-hydrogen) atoms. The lowest BCUT2D eigenvalue weighted by molar-refractivity contribution is -0.142. The first kappa shape index (κ1) is 25.1. The number of carbonyl (C=O) groups excluding carboxylic acids is 2. The van der Waals surface area contributed by atoms with Crippen LogP contribution in [0.1, 0.15) is 26.3 Å². The van der Waals surface area contributed by atoms with Gasteiger partial charge in [-0.05, 0) is 55.0 Å². The molecule has 0 fully saturated rings. The number of amides is 1. The van der Waals surface area contributed by atoms with E-state index in [1.807, 2.05) is 6.92 Å². The third-order valence-corrected chi connectivity index (χ3v) is 6.49. The zero-order valence-electron chi connectivity index (χ0n) is 18.4. The molecule has 0 saturated carbocycles. The van der Waals surface area contributed by atoms with Gasteiger partial charge in [-0.3, -0.25) is 4.79 Å². The molecular formula is C23H28N2O6S. The first-order valence-corrected chi connectivity index (χ1v) is 11.7. The van der Waals surface area contributed by atoms with E-state index in [4.69, 9.17) is 9.47 Å². The minimum absolute atomic E-state index is 0.144. The van der Waals surface area contributed by atoms with Gasteiger partial charge in [-0.2, -0.15) is 4.31 Å². The molecule has 0 saturated heterocycles. The van der Waals surface area contributed by atoms with Gasteiger partial charge in [0.25, 0.3) is 5.91 Å². The standard InChI is InChI=1S/C23H28N2O6S/c1-4-25(5-2)32(28,29)21-14-10-19(11-15-21)24-22(26)17-31-23(27)16-9-18-7-12-20(13-8-18)30-6-3/h7-16H,4-6,17H2,1-3H3,(H,24,26)/b16-9+. The Bertz CT molecular complexity index is 1030. The predicted octanol–water partition coefficient (Wildman–Crippen LogP) is 3.31. The average Bonchev–Trinajstić information content (AvgIpc) is 2.78. The van der Waals surface area contributed by atoms with E-state index in [-0.39, 0.29) is 4.90 Å². The summed E-state index contributed by atoms with van der Waals surface area (Å²) in [6, 6.07) is 13.0. The molecule has 0 aliphatic rings. The average molecular weight is 461 g/mol. The topological polar surface area (TPSA) is 102 Å². The predicted molar refractivity (Wildman–Crippen MR) is 123 cm³/mol. The van der Waals surface area contributed by atoms with Crippen LogP contribution < -0.4 is 10.1 Å². The first-order valence-electron chi connectivity index (χ1n) is 10.3. The molecule has 1 N–H and O–H groups in total. The number of hydrogen-bond acceptors (Lipinski definition) is 6. The molecule has 172 valence electrons. The molecule has 2 aromatic carbocycles.